The molecule has 31 heavy (non-hydrogen) atoms. The third kappa shape index (κ3) is 4.78. The highest BCUT2D eigenvalue weighted by molar-refractivity contribution is 6.33. The number of benzene rings is 2. The molecule has 1 heterocycles. The molecule has 2 aromatic carbocycles. The topological polar surface area (TPSA) is 126 Å². The van der Waals surface area contributed by atoms with E-state index < -0.39 is 28.3 Å². The summed E-state index contributed by atoms with van der Waals surface area (Å²) < 4.78 is 14.9. The van der Waals surface area contributed by atoms with Gasteiger partial charge in [0.1, 0.15) is 17.4 Å². The Hall–Kier alpha value is -3.98. The maximum atomic E-state index is 12.9. The van der Waals surface area contributed by atoms with E-state index in [0.717, 1.165) is 6.07 Å². The summed E-state index contributed by atoms with van der Waals surface area (Å²) in [5.74, 6) is -1.95. The standard InChI is InChI=1S/C21H14ClNO8/c1-29-21(26)18-9-7-13(31-18)11-30-20(25)15-5-3-2-4-14(15)19(24)12-6-8-16(22)17(10-12)23(27)28/h2-10H,11H2,1H3. The maximum absolute atomic E-state index is 12.9. The molecule has 0 atom stereocenters. The fourth-order valence-corrected chi connectivity index (χ4v) is 2.88. The predicted octanol–water partition coefficient (Wildman–Crippen LogP) is 4.22. The van der Waals surface area contributed by atoms with Crippen molar-refractivity contribution in [3.63, 3.8) is 0 Å². The summed E-state index contributed by atoms with van der Waals surface area (Å²) in [5, 5.41) is 11.0. The Morgan fingerprint density at radius 3 is 2.42 bits per heavy atom. The van der Waals surface area contributed by atoms with Crippen LogP contribution >= 0.6 is 11.6 Å². The number of esters is 2. The van der Waals surface area contributed by atoms with Crippen LogP contribution in [-0.4, -0.2) is 29.8 Å². The fraction of sp³-hybridized carbons (Fsp3) is 0.0952. The first-order chi connectivity index (χ1) is 14.8. The summed E-state index contributed by atoms with van der Waals surface area (Å²) in [7, 11) is 1.20. The second-order valence-electron chi connectivity index (χ2n) is 6.13. The average molecular weight is 444 g/mol. The van der Waals surface area contributed by atoms with Crippen molar-refractivity contribution in [3.8, 4) is 0 Å². The van der Waals surface area contributed by atoms with Crippen molar-refractivity contribution in [2.75, 3.05) is 7.11 Å². The lowest BCUT2D eigenvalue weighted by atomic mass is 9.98. The molecule has 0 aliphatic heterocycles. The zero-order chi connectivity index (χ0) is 22.5. The third-order valence-electron chi connectivity index (χ3n) is 4.19. The molecule has 10 heteroatoms. The molecule has 0 bridgehead atoms. The number of nitro benzene ring substituents is 1. The summed E-state index contributed by atoms with van der Waals surface area (Å²) in [5.41, 5.74) is -0.472. The lowest BCUT2D eigenvalue weighted by Gasteiger charge is -2.09. The SMILES string of the molecule is COC(=O)c1ccc(COC(=O)c2ccccc2C(=O)c2ccc(Cl)c([N+](=O)[O-])c2)o1. The number of furan rings is 1. The van der Waals surface area contributed by atoms with E-state index in [0.29, 0.717) is 0 Å². The normalized spacial score (nSPS) is 10.4. The van der Waals surface area contributed by atoms with E-state index in [9.17, 15) is 24.5 Å². The number of hydrogen-bond acceptors (Lipinski definition) is 8. The van der Waals surface area contributed by atoms with Gasteiger partial charge in [0.25, 0.3) is 5.69 Å². The van der Waals surface area contributed by atoms with E-state index >= 15 is 0 Å². The van der Waals surface area contributed by atoms with Crippen LogP contribution in [0.5, 0.6) is 0 Å². The van der Waals surface area contributed by atoms with E-state index in [2.05, 4.69) is 4.74 Å². The Bertz CT molecular complexity index is 1180. The van der Waals surface area contributed by atoms with Gasteiger partial charge < -0.3 is 13.9 Å². The molecule has 3 rings (SSSR count). The van der Waals surface area contributed by atoms with Crippen LogP contribution in [-0.2, 0) is 16.1 Å². The number of hydrogen-bond donors (Lipinski definition) is 0. The molecule has 0 saturated heterocycles. The third-order valence-corrected chi connectivity index (χ3v) is 4.51. The van der Waals surface area contributed by atoms with Crippen LogP contribution < -0.4 is 0 Å². The number of carbonyl (C=O) groups excluding carboxylic acids is 3. The van der Waals surface area contributed by atoms with Gasteiger partial charge in [0.2, 0.25) is 5.76 Å². The number of halogens is 1. The summed E-state index contributed by atoms with van der Waals surface area (Å²) in [6.45, 7) is -0.287. The minimum atomic E-state index is -0.816. The van der Waals surface area contributed by atoms with Gasteiger partial charge in [0.15, 0.2) is 5.78 Å². The highest BCUT2D eigenvalue weighted by Gasteiger charge is 2.22. The average Bonchev–Trinajstić information content (AvgIpc) is 3.25. The first-order valence-corrected chi connectivity index (χ1v) is 9.11. The van der Waals surface area contributed by atoms with Crippen LogP contribution in [0.15, 0.2) is 59.0 Å². The number of carbonyl (C=O) groups is 3. The van der Waals surface area contributed by atoms with Crippen molar-refractivity contribution in [1.82, 2.24) is 0 Å². The molecule has 0 amide bonds. The number of ketones is 1. The quantitative estimate of drug-likeness (QED) is 0.230. The van der Waals surface area contributed by atoms with Gasteiger partial charge in [0, 0.05) is 17.2 Å². The molecular formula is C21H14ClNO8. The highest BCUT2D eigenvalue weighted by Crippen LogP contribution is 2.27. The van der Waals surface area contributed by atoms with Gasteiger partial charge in [-0.15, -0.1) is 0 Å². The second kappa shape index (κ2) is 9.23. The fourth-order valence-electron chi connectivity index (χ4n) is 2.69. The van der Waals surface area contributed by atoms with Gasteiger partial charge in [-0.05, 0) is 30.3 Å². The molecule has 158 valence electrons. The molecule has 0 radical (unpaired) electrons. The maximum Gasteiger partial charge on any atom is 0.373 e. The van der Waals surface area contributed by atoms with Gasteiger partial charge in [0.05, 0.1) is 17.6 Å². The molecular weight excluding hydrogens is 430 g/mol. The smallest absolute Gasteiger partial charge is 0.373 e. The number of ether oxygens (including phenoxy) is 2. The number of nitro groups is 1. The van der Waals surface area contributed by atoms with E-state index in [-0.39, 0.29) is 39.8 Å². The van der Waals surface area contributed by atoms with E-state index in [1.165, 1.54) is 43.5 Å². The van der Waals surface area contributed by atoms with Gasteiger partial charge in [-0.2, -0.15) is 0 Å². The van der Waals surface area contributed by atoms with Gasteiger partial charge >= 0.3 is 11.9 Å². The molecule has 0 spiro atoms. The molecule has 0 aliphatic carbocycles. The largest absolute Gasteiger partial charge is 0.463 e. The molecule has 0 saturated carbocycles. The first kappa shape index (κ1) is 21.7. The summed E-state index contributed by atoms with van der Waals surface area (Å²) in [4.78, 5) is 47.3. The Kier molecular flexibility index (Phi) is 6.46. The van der Waals surface area contributed by atoms with Crippen LogP contribution in [0.4, 0.5) is 5.69 Å². The Morgan fingerprint density at radius 2 is 1.74 bits per heavy atom. The molecule has 3 aromatic rings. The van der Waals surface area contributed by atoms with Crippen LogP contribution in [0.25, 0.3) is 0 Å². The first-order valence-electron chi connectivity index (χ1n) is 8.73. The number of rotatable bonds is 7. The second-order valence-corrected chi connectivity index (χ2v) is 6.54. The van der Waals surface area contributed by atoms with Crippen molar-refractivity contribution >= 4 is 35.0 Å². The summed E-state index contributed by atoms with van der Waals surface area (Å²) >= 11 is 5.79. The van der Waals surface area contributed by atoms with E-state index in [4.69, 9.17) is 20.8 Å². The van der Waals surface area contributed by atoms with Crippen molar-refractivity contribution in [3.05, 3.63) is 97.9 Å². The zero-order valence-corrected chi connectivity index (χ0v) is 16.8. The van der Waals surface area contributed by atoms with Crippen molar-refractivity contribution in [2.24, 2.45) is 0 Å². The van der Waals surface area contributed by atoms with Gasteiger partial charge in [-0.25, -0.2) is 9.59 Å². The number of nitrogens with zero attached hydrogens (tertiary/aromatic N) is 1. The molecule has 9 nitrogen and oxygen atoms in total. The van der Waals surface area contributed by atoms with Gasteiger partial charge in [-0.1, -0.05) is 29.8 Å². The van der Waals surface area contributed by atoms with Crippen molar-refractivity contribution < 1.29 is 33.2 Å². The molecule has 0 N–H and O–H groups in total. The molecule has 0 aliphatic rings. The molecule has 0 unspecified atom stereocenters. The zero-order valence-electron chi connectivity index (χ0n) is 16.0. The lowest BCUT2D eigenvalue weighted by molar-refractivity contribution is -0.384. The summed E-state index contributed by atoms with van der Waals surface area (Å²) in [6.07, 6.45) is 0. The van der Waals surface area contributed by atoms with Crippen LogP contribution in [0.1, 0.15) is 42.6 Å². The highest BCUT2D eigenvalue weighted by atomic mass is 35.5. The molecule has 1 aromatic heterocycles. The number of methoxy groups -OCH3 is 1. The van der Waals surface area contributed by atoms with Crippen LogP contribution in [0.2, 0.25) is 5.02 Å². The summed E-state index contributed by atoms with van der Waals surface area (Å²) in [6, 6.07) is 12.3. The lowest BCUT2D eigenvalue weighted by Crippen LogP contribution is -2.13. The van der Waals surface area contributed by atoms with Crippen molar-refractivity contribution in [1.29, 1.82) is 0 Å². The van der Waals surface area contributed by atoms with Crippen LogP contribution in [0.3, 0.4) is 0 Å². The van der Waals surface area contributed by atoms with Crippen LogP contribution in [0, 0.1) is 10.1 Å². The minimum Gasteiger partial charge on any atom is -0.463 e. The van der Waals surface area contributed by atoms with E-state index in [1.54, 1.807) is 12.1 Å². The van der Waals surface area contributed by atoms with E-state index in [1.807, 2.05) is 0 Å². The van der Waals surface area contributed by atoms with Gasteiger partial charge in [-0.3, -0.25) is 14.9 Å². The Balaban J connectivity index is 1.81. The van der Waals surface area contributed by atoms with Crippen molar-refractivity contribution in [2.45, 2.75) is 6.61 Å². The minimum absolute atomic E-state index is 0.00110. The Morgan fingerprint density at radius 1 is 1.03 bits per heavy atom. The monoisotopic (exact) mass is 443 g/mol. The molecule has 0 fully saturated rings. The Labute approximate surface area is 180 Å². The predicted molar refractivity (Wildman–Crippen MR) is 107 cm³/mol.